The van der Waals surface area contributed by atoms with E-state index in [1.165, 1.54) is 31.4 Å². The molecule has 2 rings (SSSR count). The molecule has 0 aromatic heterocycles. The molecule has 1 nitrogen and oxygen atoms in total. The van der Waals surface area contributed by atoms with E-state index < -0.39 is 5.60 Å². The lowest BCUT2D eigenvalue weighted by Crippen LogP contribution is -2.38. The highest BCUT2D eigenvalue weighted by Gasteiger charge is 2.32. The maximum absolute atomic E-state index is 13.3. The van der Waals surface area contributed by atoms with E-state index in [0.29, 0.717) is 12.3 Å². The van der Waals surface area contributed by atoms with Crippen LogP contribution in [0.3, 0.4) is 0 Å². The Morgan fingerprint density at radius 3 is 2.56 bits per heavy atom. The lowest BCUT2D eigenvalue weighted by Gasteiger charge is -2.35. The van der Waals surface area contributed by atoms with Crippen LogP contribution in [0.25, 0.3) is 0 Å². The molecule has 1 aromatic carbocycles. The van der Waals surface area contributed by atoms with Crippen LogP contribution in [0, 0.1) is 11.7 Å². The van der Waals surface area contributed by atoms with Crippen molar-refractivity contribution in [1.29, 1.82) is 0 Å². The zero-order valence-corrected chi connectivity index (χ0v) is 12.3. The van der Waals surface area contributed by atoms with Gasteiger partial charge >= 0.3 is 0 Å². The van der Waals surface area contributed by atoms with Crippen molar-refractivity contribution < 1.29 is 9.50 Å². The van der Waals surface area contributed by atoms with Gasteiger partial charge in [0.25, 0.3) is 0 Å². The number of hydrogen-bond donors (Lipinski definition) is 1. The van der Waals surface area contributed by atoms with Crippen molar-refractivity contribution >= 4 is 15.9 Å². The summed E-state index contributed by atoms with van der Waals surface area (Å²) < 4.78 is 14.1. The van der Waals surface area contributed by atoms with E-state index in [1.807, 2.05) is 13.0 Å². The summed E-state index contributed by atoms with van der Waals surface area (Å²) in [6.07, 6.45) is 6.38. The summed E-state index contributed by atoms with van der Waals surface area (Å²) >= 11 is 3.29. The van der Waals surface area contributed by atoms with E-state index in [-0.39, 0.29) is 5.82 Å². The third-order valence-electron chi connectivity index (χ3n) is 3.97. The van der Waals surface area contributed by atoms with Crippen LogP contribution in [0.4, 0.5) is 4.39 Å². The van der Waals surface area contributed by atoms with Crippen molar-refractivity contribution in [3.05, 3.63) is 34.1 Å². The number of aliphatic hydroxyl groups is 1. The Hall–Kier alpha value is -0.410. The molecule has 0 saturated heterocycles. The fourth-order valence-corrected chi connectivity index (χ4v) is 3.51. The highest BCUT2D eigenvalue weighted by molar-refractivity contribution is 9.10. The van der Waals surface area contributed by atoms with Gasteiger partial charge in [-0.2, -0.15) is 0 Å². The first kappa shape index (κ1) is 14.0. The molecule has 1 aromatic rings. The second-order valence-electron chi connectivity index (χ2n) is 5.65. The third kappa shape index (κ3) is 3.55. The van der Waals surface area contributed by atoms with Gasteiger partial charge in [0, 0.05) is 10.9 Å². The highest BCUT2D eigenvalue weighted by atomic mass is 79.9. The van der Waals surface area contributed by atoms with Crippen molar-refractivity contribution in [3.8, 4) is 0 Å². The van der Waals surface area contributed by atoms with E-state index in [4.69, 9.17) is 0 Å². The summed E-state index contributed by atoms with van der Waals surface area (Å²) in [5, 5.41) is 10.6. The van der Waals surface area contributed by atoms with Gasteiger partial charge in [-0.15, -0.1) is 0 Å². The standard InChI is InChI=1S/C15H20BrFO/c1-15(18,12-5-3-2-4-6-12)10-11-7-13(16)9-14(17)8-11/h7-9,12,18H,2-6,10H2,1H3. The number of halogens is 2. The van der Waals surface area contributed by atoms with Crippen LogP contribution in [0.15, 0.2) is 22.7 Å². The van der Waals surface area contributed by atoms with E-state index in [9.17, 15) is 9.50 Å². The molecular formula is C15H20BrFO. The van der Waals surface area contributed by atoms with Gasteiger partial charge in [0.05, 0.1) is 5.60 Å². The van der Waals surface area contributed by atoms with Crippen LogP contribution >= 0.6 is 15.9 Å². The molecular weight excluding hydrogens is 295 g/mol. The monoisotopic (exact) mass is 314 g/mol. The SMILES string of the molecule is CC(O)(Cc1cc(F)cc(Br)c1)C1CCCCC1. The molecule has 0 spiro atoms. The topological polar surface area (TPSA) is 20.2 Å². The first-order chi connectivity index (χ1) is 8.47. The fourth-order valence-electron chi connectivity index (χ4n) is 3.00. The van der Waals surface area contributed by atoms with Gasteiger partial charge in [0.2, 0.25) is 0 Å². The summed E-state index contributed by atoms with van der Waals surface area (Å²) in [4.78, 5) is 0. The van der Waals surface area contributed by atoms with Gasteiger partial charge < -0.3 is 5.11 Å². The quantitative estimate of drug-likeness (QED) is 0.873. The van der Waals surface area contributed by atoms with Crippen LogP contribution in [0.2, 0.25) is 0 Å². The molecule has 1 atom stereocenters. The minimum atomic E-state index is -0.729. The largest absolute Gasteiger partial charge is 0.390 e. The van der Waals surface area contributed by atoms with Crippen molar-refractivity contribution in [2.75, 3.05) is 0 Å². The Kier molecular flexibility index (Phi) is 4.44. The Balaban J connectivity index is 2.10. The summed E-state index contributed by atoms with van der Waals surface area (Å²) in [5.74, 6) is 0.0899. The van der Waals surface area contributed by atoms with Crippen LogP contribution in [0.1, 0.15) is 44.6 Å². The molecule has 1 fully saturated rings. The second kappa shape index (κ2) is 5.70. The maximum Gasteiger partial charge on any atom is 0.124 e. The van der Waals surface area contributed by atoms with Crippen molar-refractivity contribution in [2.24, 2.45) is 5.92 Å². The number of hydrogen-bond acceptors (Lipinski definition) is 1. The Bertz CT molecular complexity index is 391. The molecule has 1 aliphatic rings. The molecule has 1 N–H and O–H groups in total. The van der Waals surface area contributed by atoms with Crippen molar-refractivity contribution in [1.82, 2.24) is 0 Å². The average Bonchev–Trinajstić information content (AvgIpc) is 2.28. The second-order valence-corrected chi connectivity index (χ2v) is 6.56. The molecule has 1 saturated carbocycles. The predicted octanol–water partition coefficient (Wildman–Crippen LogP) is 4.46. The van der Waals surface area contributed by atoms with Gasteiger partial charge in [-0.05, 0) is 49.4 Å². The lowest BCUT2D eigenvalue weighted by atomic mass is 9.75. The minimum Gasteiger partial charge on any atom is -0.390 e. The molecule has 0 heterocycles. The average molecular weight is 315 g/mol. The van der Waals surface area contributed by atoms with E-state index in [0.717, 1.165) is 22.9 Å². The van der Waals surface area contributed by atoms with Crippen LogP contribution in [-0.2, 0) is 6.42 Å². The number of rotatable bonds is 3. The zero-order chi connectivity index (χ0) is 13.2. The van der Waals surface area contributed by atoms with Gasteiger partial charge in [-0.25, -0.2) is 4.39 Å². The van der Waals surface area contributed by atoms with E-state index in [2.05, 4.69) is 15.9 Å². The zero-order valence-electron chi connectivity index (χ0n) is 10.8. The first-order valence-corrected chi connectivity index (χ1v) is 7.44. The first-order valence-electron chi connectivity index (χ1n) is 6.65. The van der Waals surface area contributed by atoms with Crippen LogP contribution in [-0.4, -0.2) is 10.7 Å². The van der Waals surface area contributed by atoms with Crippen LogP contribution < -0.4 is 0 Å². The van der Waals surface area contributed by atoms with Gasteiger partial charge in [-0.1, -0.05) is 35.2 Å². The molecule has 18 heavy (non-hydrogen) atoms. The predicted molar refractivity (Wildman–Crippen MR) is 75.0 cm³/mol. The van der Waals surface area contributed by atoms with Crippen LogP contribution in [0.5, 0.6) is 0 Å². The van der Waals surface area contributed by atoms with Crippen molar-refractivity contribution in [2.45, 2.75) is 51.0 Å². The lowest BCUT2D eigenvalue weighted by molar-refractivity contribution is -0.0160. The molecule has 3 heteroatoms. The normalized spacial score (nSPS) is 20.7. The Labute approximate surface area is 117 Å². The Morgan fingerprint density at radius 2 is 1.94 bits per heavy atom. The molecule has 0 aliphatic heterocycles. The summed E-state index contributed by atoms with van der Waals surface area (Å²) in [5.41, 5.74) is 0.130. The van der Waals surface area contributed by atoms with Gasteiger partial charge in [-0.3, -0.25) is 0 Å². The molecule has 1 unspecified atom stereocenters. The number of benzene rings is 1. The molecule has 1 aliphatic carbocycles. The Morgan fingerprint density at radius 1 is 1.28 bits per heavy atom. The summed E-state index contributed by atoms with van der Waals surface area (Å²) in [7, 11) is 0. The maximum atomic E-state index is 13.3. The fraction of sp³-hybridized carbons (Fsp3) is 0.600. The summed E-state index contributed by atoms with van der Waals surface area (Å²) in [6, 6.07) is 4.85. The van der Waals surface area contributed by atoms with Gasteiger partial charge in [0.1, 0.15) is 5.82 Å². The van der Waals surface area contributed by atoms with Crippen molar-refractivity contribution in [3.63, 3.8) is 0 Å². The third-order valence-corrected chi connectivity index (χ3v) is 4.43. The molecule has 0 radical (unpaired) electrons. The molecule has 0 bridgehead atoms. The summed E-state index contributed by atoms with van der Waals surface area (Å²) in [6.45, 7) is 1.89. The minimum absolute atomic E-state index is 0.251. The van der Waals surface area contributed by atoms with E-state index >= 15 is 0 Å². The highest BCUT2D eigenvalue weighted by Crippen LogP contribution is 2.35. The van der Waals surface area contributed by atoms with Gasteiger partial charge in [0.15, 0.2) is 0 Å². The molecule has 100 valence electrons. The van der Waals surface area contributed by atoms with E-state index in [1.54, 1.807) is 0 Å². The smallest absolute Gasteiger partial charge is 0.124 e. The molecule has 0 amide bonds.